The first-order valence-electron chi connectivity index (χ1n) is 9.18. The number of hydrogen-bond acceptors (Lipinski definition) is 4. The minimum atomic E-state index is 0.134. The van der Waals surface area contributed by atoms with E-state index >= 15 is 0 Å². The summed E-state index contributed by atoms with van der Waals surface area (Å²) in [5, 5.41) is 1.03. The molecule has 0 bridgehead atoms. The molecule has 138 valence electrons. The van der Waals surface area contributed by atoms with Crippen LogP contribution in [0.3, 0.4) is 0 Å². The van der Waals surface area contributed by atoms with Crippen LogP contribution in [0.2, 0.25) is 0 Å². The fourth-order valence-corrected chi connectivity index (χ4v) is 5.71. The highest BCUT2D eigenvalue weighted by Crippen LogP contribution is 2.46. The summed E-state index contributed by atoms with van der Waals surface area (Å²) < 4.78 is 8.23. The van der Waals surface area contributed by atoms with Crippen LogP contribution in [-0.4, -0.2) is 50.1 Å². The number of aromatic nitrogens is 2. The van der Waals surface area contributed by atoms with Gasteiger partial charge in [0.2, 0.25) is 0 Å². The van der Waals surface area contributed by atoms with Crippen LogP contribution in [0, 0.1) is 0 Å². The van der Waals surface area contributed by atoms with Crippen molar-refractivity contribution in [3.63, 3.8) is 0 Å². The zero-order valence-electron chi connectivity index (χ0n) is 15.2. The number of thioether (sulfide) groups is 1. The number of aryl methyl sites for hydroxylation is 1. The molecule has 1 amide bonds. The van der Waals surface area contributed by atoms with Gasteiger partial charge in [-0.25, -0.2) is 0 Å². The van der Waals surface area contributed by atoms with Crippen molar-refractivity contribution >= 4 is 28.6 Å². The van der Waals surface area contributed by atoms with Crippen LogP contribution in [0.25, 0.3) is 10.9 Å². The van der Waals surface area contributed by atoms with Gasteiger partial charge in [-0.1, -0.05) is 18.2 Å². The third-order valence-corrected chi connectivity index (χ3v) is 7.06. The Morgan fingerprint density at radius 1 is 1.26 bits per heavy atom. The van der Waals surface area contributed by atoms with Crippen molar-refractivity contribution in [2.75, 3.05) is 18.8 Å². The molecule has 3 aromatic rings. The van der Waals surface area contributed by atoms with Crippen LogP contribution in [0.1, 0.15) is 16.8 Å². The minimum Gasteiger partial charge on any atom is -0.488 e. The van der Waals surface area contributed by atoms with Gasteiger partial charge in [0.05, 0.1) is 16.5 Å². The Labute approximate surface area is 162 Å². The van der Waals surface area contributed by atoms with Crippen molar-refractivity contribution in [1.29, 1.82) is 0 Å². The first-order chi connectivity index (χ1) is 13.1. The van der Waals surface area contributed by atoms with Crippen molar-refractivity contribution < 1.29 is 9.53 Å². The highest BCUT2D eigenvalue weighted by molar-refractivity contribution is 8.01. The number of pyridine rings is 1. The van der Waals surface area contributed by atoms with Gasteiger partial charge in [-0.2, -0.15) is 0 Å². The summed E-state index contributed by atoms with van der Waals surface area (Å²) in [6.45, 7) is 1.60. The van der Waals surface area contributed by atoms with Gasteiger partial charge >= 0.3 is 0 Å². The molecule has 0 radical (unpaired) electrons. The zero-order chi connectivity index (χ0) is 18.4. The fourth-order valence-electron chi connectivity index (χ4n) is 4.18. The maximum atomic E-state index is 13.0. The highest BCUT2D eigenvalue weighted by atomic mass is 32.2. The molecule has 27 heavy (non-hydrogen) atoms. The average molecular weight is 379 g/mol. The Hall–Kier alpha value is -2.47. The fraction of sp³-hybridized carbons (Fsp3) is 0.333. The van der Waals surface area contributed by atoms with Crippen molar-refractivity contribution in [3.8, 4) is 5.75 Å². The lowest BCUT2D eigenvalue weighted by atomic mass is 9.92. The molecule has 2 aromatic heterocycles. The second kappa shape index (κ2) is 6.30. The van der Waals surface area contributed by atoms with E-state index < -0.39 is 0 Å². The van der Waals surface area contributed by atoms with Gasteiger partial charge < -0.3 is 14.2 Å². The van der Waals surface area contributed by atoms with Crippen LogP contribution in [0.15, 0.2) is 55.0 Å². The number of benzene rings is 1. The number of para-hydroxylation sites is 1. The van der Waals surface area contributed by atoms with E-state index in [9.17, 15) is 4.79 Å². The number of amides is 1. The van der Waals surface area contributed by atoms with E-state index in [-0.39, 0.29) is 16.8 Å². The van der Waals surface area contributed by atoms with Gasteiger partial charge in [0.25, 0.3) is 5.91 Å². The summed E-state index contributed by atoms with van der Waals surface area (Å²) >= 11 is 1.94. The van der Waals surface area contributed by atoms with Gasteiger partial charge in [0.15, 0.2) is 0 Å². The minimum absolute atomic E-state index is 0.134. The maximum Gasteiger partial charge on any atom is 0.256 e. The number of carbonyl (C=O) groups excluding carboxylic acids is 1. The van der Waals surface area contributed by atoms with E-state index in [4.69, 9.17) is 4.74 Å². The summed E-state index contributed by atoms with van der Waals surface area (Å²) in [4.78, 5) is 19.1. The molecule has 4 heterocycles. The molecule has 1 aromatic carbocycles. The monoisotopic (exact) mass is 379 g/mol. The Kier molecular flexibility index (Phi) is 3.90. The number of nitrogens with zero attached hydrogens (tertiary/aromatic N) is 3. The van der Waals surface area contributed by atoms with Gasteiger partial charge in [-0.3, -0.25) is 9.78 Å². The summed E-state index contributed by atoms with van der Waals surface area (Å²) in [6.07, 6.45) is 6.63. The second-order valence-corrected chi connectivity index (χ2v) is 8.95. The molecule has 1 unspecified atom stereocenters. The number of hydrogen-bond donors (Lipinski definition) is 0. The predicted octanol–water partition coefficient (Wildman–Crippen LogP) is 3.35. The van der Waals surface area contributed by atoms with Gasteiger partial charge in [0, 0.05) is 55.6 Å². The molecule has 5 nitrogen and oxygen atoms in total. The van der Waals surface area contributed by atoms with Gasteiger partial charge in [0.1, 0.15) is 11.9 Å². The Balaban J connectivity index is 1.26. The lowest BCUT2D eigenvalue weighted by molar-refractivity contribution is 0.0519. The standard InChI is InChI=1S/C21H21N3O2S/c1-23-11-18(17-6-2-3-7-19(17)23)20(25)24-13-21(14-24)9-16(12-27-21)26-15-5-4-8-22-10-15/h2-8,10-11,16H,9,12-14H2,1H3. The Morgan fingerprint density at radius 3 is 2.93 bits per heavy atom. The topological polar surface area (TPSA) is 47.4 Å². The normalized spacial score (nSPS) is 20.8. The van der Waals surface area contributed by atoms with E-state index in [2.05, 4.69) is 11.1 Å². The largest absolute Gasteiger partial charge is 0.488 e. The molecule has 1 atom stereocenters. The molecule has 0 saturated carbocycles. The molecule has 0 N–H and O–H groups in total. The predicted molar refractivity (Wildman–Crippen MR) is 107 cm³/mol. The Morgan fingerprint density at radius 2 is 2.11 bits per heavy atom. The van der Waals surface area contributed by atoms with Crippen LogP contribution in [0.4, 0.5) is 0 Å². The number of carbonyl (C=O) groups is 1. The van der Waals surface area contributed by atoms with Crippen molar-refractivity contribution in [3.05, 3.63) is 60.6 Å². The molecule has 2 aliphatic heterocycles. The first kappa shape index (κ1) is 16.7. The van der Waals surface area contributed by atoms with Crippen LogP contribution < -0.4 is 4.74 Å². The van der Waals surface area contributed by atoms with Gasteiger partial charge in [-0.05, 0) is 18.2 Å². The quantitative estimate of drug-likeness (QED) is 0.700. The third kappa shape index (κ3) is 2.88. The van der Waals surface area contributed by atoms with Gasteiger partial charge in [-0.15, -0.1) is 11.8 Å². The molecular formula is C21H21N3O2S. The molecule has 1 spiro atoms. The molecule has 0 aliphatic carbocycles. The smallest absolute Gasteiger partial charge is 0.256 e. The Bertz CT molecular complexity index is 995. The van der Waals surface area contributed by atoms with E-state index in [1.807, 2.05) is 64.8 Å². The molecule has 5 rings (SSSR count). The number of rotatable bonds is 3. The first-order valence-corrected chi connectivity index (χ1v) is 10.2. The van der Waals surface area contributed by atoms with Crippen molar-refractivity contribution in [2.45, 2.75) is 17.3 Å². The lowest BCUT2D eigenvalue weighted by Crippen LogP contribution is -2.60. The van der Waals surface area contributed by atoms with E-state index in [1.54, 1.807) is 12.4 Å². The van der Waals surface area contributed by atoms with Crippen LogP contribution in [0.5, 0.6) is 5.75 Å². The van der Waals surface area contributed by atoms with E-state index in [1.165, 1.54) is 0 Å². The number of likely N-dealkylation sites (tertiary alicyclic amines) is 1. The highest BCUT2D eigenvalue weighted by Gasteiger charge is 2.51. The molecular weight excluding hydrogens is 358 g/mol. The van der Waals surface area contributed by atoms with Crippen molar-refractivity contribution in [2.24, 2.45) is 7.05 Å². The molecule has 2 fully saturated rings. The SMILES string of the molecule is Cn1cc(C(=O)N2CC3(CC(Oc4cccnc4)CS3)C2)c2ccccc21. The van der Waals surface area contributed by atoms with Crippen molar-refractivity contribution in [1.82, 2.24) is 14.5 Å². The summed E-state index contributed by atoms with van der Waals surface area (Å²) in [6, 6.07) is 11.9. The second-order valence-electron chi connectivity index (χ2n) is 7.46. The molecule has 2 saturated heterocycles. The zero-order valence-corrected chi connectivity index (χ0v) is 16.0. The van der Waals surface area contributed by atoms with Crippen LogP contribution >= 0.6 is 11.8 Å². The third-order valence-electron chi connectivity index (χ3n) is 5.48. The molecule has 6 heteroatoms. The summed E-state index contributed by atoms with van der Waals surface area (Å²) in [5.74, 6) is 1.92. The average Bonchev–Trinajstić information content (AvgIpc) is 3.23. The van der Waals surface area contributed by atoms with Crippen LogP contribution in [-0.2, 0) is 7.05 Å². The number of fused-ring (bicyclic) bond motifs is 1. The van der Waals surface area contributed by atoms with E-state index in [0.29, 0.717) is 0 Å². The summed E-state index contributed by atoms with van der Waals surface area (Å²) in [7, 11) is 1.99. The van der Waals surface area contributed by atoms with E-state index in [0.717, 1.165) is 47.5 Å². The maximum absolute atomic E-state index is 13.0. The summed E-state index contributed by atoms with van der Waals surface area (Å²) in [5.41, 5.74) is 1.89. The molecule has 2 aliphatic rings. The number of ether oxygens (including phenoxy) is 1. The lowest BCUT2D eigenvalue weighted by Gasteiger charge is -2.47.